The van der Waals surface area contributed by atoms with Gasteiger partial charge in [-0.1, -0.05) is 57.0 Å². The van der Waals surface area contributed by atoms with Crippen molar-refractivity contribution in [1.82, 2.24) is 0 Å². The minimum atomic E-state index is -0.780. The molecule has 4 rings (SSSR count). The van der Waals surface area contributed by atoms with E-state index in [9.17, 15) is 13.9 Å². The zero-order valence-corrected chi connectivity index (χ0v) is 19.2. The predicted octanol–water partition coefficient (Wildman–Crippen LogP) is 6.32. The molecule has 2 aliphatic rings. The van der Waals surface area contributed by atoms with Crippen LogP contribution in [0.5, 0.6) is 5.75 Å². The Hall–Kier alpha value is -1.69. The topological polar surface area (TPSA) is 38.7 Å². The standard InChI is InChI=1S/C13H14F2O3.C7H7Cl.2C2H6/c14-9-1-2-10(15)12-11(9)13(7-16)3-4-17-5-8(13)6-18-12;1-6-2-4-7(8)5-3-6;2*1-2/h1-2,8,16H,3-7H2;2-5H,1H3;2*1-2H3. The van der Waals surface area contributed by atoms with Gasteiger partial charge in [0.1, 0.15) is 5.82 Å². The highest BCUT2D eigenvalue weighted by atomic mass is 35.5. The number of halogens is 3. The summed E-state index contributed by atoms with van der Waals surface area (Å²) in [6.45, 7) is 10.9. The van der Waals surface area contributed by atoms with Gasteiger partial charge in [-0.2, -0.15) is 0 Å². The summed E-state index contributed by atoms with van der Waals surface area (Å²) in [6, 6.07) is 9.89. The monoisotopic (exact) mass is 442 g/mol. The van der Waals surface area contributed by atoms with Gasteiger partial charge in [-0.05, 0) is 37.6 Å². The Bertz CT molecular complexity index is 747. The maximum Gasteiger partial charge on any atom is 0.165 e. The summed E-state index contributed by atoms with van der Waals surface area (Å²) in [5.41, 5.74) is 0.636. The van der Waals surface area contributed by atoms with Crippen LogP contribution in [0.15, 0.2) is 36.4 Å². The molecule has 6 heteroatoms. The van der Waals surface area contributed by atoms with Crippen LogP contribution in [0.3, 0.4) is 0 Å². The summed E-state index contributed by atoms with van der Waals surface area (Å²) >= 11 is 5.61. The Morgan fingerprint density at radius 2 is 1.60 bits per heavy atom. The van der Waals surface area contributed by atoms with Crippen molar-refractivity contribution in [2.24, 2.45) is 5.92 Å². The molecular weight excluding hydrogens is 410 g/mol. The fourth-order valence-corrected chi connectivity index (χ4v) is 3.65. The number of benzene rings is 2. The minimum absolute atomic E-state index is 0.0535. The fourth-order valence-electron chi connectivity index (χ4n) is 3.52. The summed E-state index contributed by atoms with van der Waals surface area (Å²) < 4.78 is 38.4. The molecular formula is C24H33ClF2O3. The summed E-state index contributed by atoms with van der Waals surface area (Å²) in [4.78, 5) is 0. The van der Waals surface area contributed by atoms with E-state index in [1.807, 2.05) is 58.9 Å². The van der Waals surface area contributed by atoms with Crippen molar-refractivity contribution >= 4 is 11.6 Å². The molecule has 0 aliphatic carbocycles. The molecule has 1 fully saturated rings. The Morgan fingerprint density at radius 3 is 2.17 bits per heavy atom. The number of aryl methyl sites for hydroxylation is 1. The lowest BCUT2D eigenvalue weighted by Crippen LogP contribution is -2.51. The molecule has 0 saturated carbocycles. The molecule has 1 saturated heterocycles. The first-order valence-corrected chi connectivity index (χ1v) is 10.9. The smallest absolute Gasteiger partial charge is 0.165 e. The quantitative estimate of drug-likeness (QED) is 0.561. The summed E-state index contributed by atoms with van der Waals surface area (Å²) in [5, 5.41) is 10.5. The lowest BCUT2D eigenvalue weighted by atomic mass is 9.66. The van der Waals surface area contributed by atoms with Gasteiger partial charge in [-0.3, -0.25) is 0 Å². The molecule has 0 aromatic heterocycles. The van der Waals surface area contributed by atoms with Crippen LogP contribution in [-0.2, 0) is 10.2 Å². The summed E-state index contributed by atoms with van der Waals surface area (Å²) in [6.07, 6.45) is 0.477. The Kier molecular flexibility index (Phi) is 11.3. The molecule has 0 bridgehead atoms. The molecule has 2 aromatic carbocycles. The minimum Gasteiger partial charge on any atom is -0.490 e. The number of hydrogen-bond acceptors (Lipinski definition) is 3. The first-order chi connectivity index (χ1) is 14.5. The average molecular weight is 443 g/mol. The lowest BCUT2D eigenvalue weighted by molar-refractivity contribution is -0.0553. The van der Waals surface area contributed by atoms with Crippen molar-refractivity contribution in [1.29, 1.82) is 0 Å². The Balaban J connectivity index is 0.000000315. The molecule has 30 heavy (non-hydrogen) atoms. The van der Waals surface area contributed by atoms with Crippen LogP contribution < -0.4 is 4.74 Å². The first kappa shape index (κ1) is 26.3. The highest BCUT2D eigenvalue weighted by Gasteiger charge is 2.49. The van der Waals surface area contributed by atoms with Crippen LogP contribution in [0.4, 0.5) is 8.78 Å². The molecule has 0 spiro atoms. The molecule has 2 aliphatic heterocycles. The van der Waals surface area contributed by atoms with Gasteiger partial charge in [0.25, 0.3) is 0 Å². The molecule has 2 unspecified atom stereocenters. The number of rotatable bonds is 1. The number of fused-ring (bicyclic) bond motifs is 3. The van der Waals surface area contributed by atoms with Gasteiger partial charge in [-0.25, -0.2) is 8.78 Å². The van der Waals surface area contributed by atoms with Gasteiger partial charge in [0.05, 0.1) is 19.8 Å². The zero-order chi connectivity index (χ0) is 22.7. The number of aliphatic hydroxyl groups is 1. The molecule has 3 nitrogen and oxygen atoms in total. The predicted molar refractivity (Wildman–Crippen MR) is 118 cm³/mol. The third-order valence-corrected chi connectivity index (χ3v) is 5.32. The molecule has 168 valence electrons. The molecule has 0 amide bonds. The Labute approximate surface area is 184 Å². The normalized spacial score (nSPS) is 21.0. The molecule has 0 radical (unpaired) electrons. The van der Waals surface area contributed by atoms with E-state index in [0.717, 1.165) is 17.2 Å². The van der Waals surface area contributed by atoms with Crippen molar-refractivity contribution in [3.63, 3.8) is 0 Å². The molecule has 1 N–H and O–H groups in total. The van der Waals surface area contributed by atoms with Gasteiger partial charge in [0, 0.05) is 28.5 Å². The van der Waals surface area contributed by atoms with Crippen LogP contribution in [0.2, 0.25) is 5.02 Å². The molecule has 2 aromatic rings. The van der Waals surface area contributed by atoms with E-state index in [1.165, 1.54) is 5.56 Å². The number of ether oxygens (including phenoxy) is 2. The Morgan fingerprint density at radius 1 is 1.00 bits per heavy atom. The van der Waals surface area contributed by atoms with Crippen LogP contribution in [0.1, 0.15) is 45.2 Å². The van der Waals surface area contributed by atoms with Gasteiger partial charge in [-0.15, -0.1) is 0 Å². The van der Waals surface area contributed by atoms with Crippen molar-refractivity contribution in [2.75, 3.05) is 26.4 Å². The highest BCUT2D eigenvalue weighted by Crippen LogP contribution is 2.48. The van der Waals surface area contributed by atoms with Crippen LogP contribution in [0.25, 0.3) is 0 Å². The second kappa shape index (κ2) is 12.9. The lowest BCUT2D eigenvalue weighted by Gasteiger charge is -2.46. The van der Waals surface area contributed by atoms with E-state index in [4.69, 9.17) is 21.1 Å². The summed E-state index contributed by atoms with van der Waals surface area (Å²) in [5.74, 6) is -1.29. The fraction of sp³-hybridized carbons (Fsp3) is 0.500. The zero-order valence-electron chi connectivity index (χ0n) is 18.5. The number of aliphatic hydroxyl groups excluding tert-OH is 1. The second-order valence-electron chi connectivity index (χ2n) is 6.68. The SMILES string of the molecule is CC.CC.Cc1ccc(Cl)cc1.OCC12CCOCC1COc1c(F)ccc(F)c12. The van der Waals surface area contributed by atoms with E-state index in [2.05, 4.69) is 0 Å². The maximum atomic E-state index is 14.1. The van der Waals surface area contributed by atoms with Crippen molar-refractivity contribution < 1.29 is 23.4 Å². The van der Waals surface area contributed by atoms with Crippen LogP contribution in [-0.4, -0.2) is 31.5 Å². The number of hydrogen-bond donors (Lipinski definition) is 1. The van der Waals surface area contributed by atoms with Crippen LogP contribution >= 0.6 is 11.6 Å². The third-order valence-electron chi connectivity index (χ3n) is 5.07. The van der Waals surface area contributed by atoms with Crippen molar-refractivity contribution in [3.8, 4) is 5.75 Å². The van der Waals surface area contributed by atoms with Gasteiger partial charge < -0.3 is 14.6 Å². The summed E-state index contributed by atoms with van der Waals surface area (Å²) in [7, 11) is 0. The van der Waals surface area contributed by atoms with Crippen molar-refractivity contribution in [3.05, 3.63) is 64.2 Å². The second-order valence-corrected chi connectivity index (χ2v) is 7.11. The van der Waals surface area contributed by atoms with E-state index in [-0.39, 0.29) is 30.4 Å². The van der Waals surface area contributed by atoms with E-state index >= 15 is 0 Å². The van der Waals surface area contributed by atoms with E-state index < -0.39 is 17.0 Å². The van der Waals surface area contributed by atoms with Gasteiger partial charge in [0.2, 0.25) is 0 Å². The van der Waals surface area contributed by atoms with Crippen molar-refractivity contribution in [2.45, 2.75) is 46.5 Å². The molecule has 2 heterocycles. The van der Waals surface area contributed by atoms with E-state index in [1.54, 1.807) is 0 Å². The van der Waals surface area contributed by atoms with Gasteiger partial charge in [0.15, 0.2) is 11.6 Å². The van der Waals surface area contributed by atoms with Crippen LogP contribution in [0, 0.1) is 24.5 Å². The highest BCUT2D eigenvalue weighted by molar-refractivity contribution is 6.30. The van der Waals surface area contributed by atoms with E-state index in [0.29, 0.717) is 19.6 Å². The largest absolute Gasteiger partial charge is 0.490 e. The maximum absolute atomic E-state index is 14.1. The van der Waals surface area contributed by atoms with Gasteiger partial charge >= 0.3 is 0 Å². The average Bonchev–Trinajstić information content (AvgIpc) is 2.80. The third kappa shape index (κ3) is 5.93. The first-order valence-electron chi connectivity index (χ1n) is 10.5. The molecule has 2 atom stereocenters.